The summed E-state index contributed by atoms with van der Waals surface area (Å²) in [5.74, 6) is -2.14. The molecule has 65 heavy (non-hydrogen) atoms. The predicted octanol–water partition coefficient (Wildman–Crippen LogP) is 14.2. The van der Waals surface area contributed by atoms with Crippen molar-refractivity contribution >= 4 is 17.9 Å². The molecule has 0 heterocycles. The highest BCUT2D eigenvalue weighted by Gasteiger charge is 2.25. The molecule has 0 saturated carbocycles. The second-order valence-corrected chi connectivity index (χ2v) is 17.7. The van der Waals surface area contributed by atoms with E-state index >= 15 is 0 Å². The molecule has 2 atom stereocenters. The zero-order valence-corrected chi connectivity index (χ0v) is 41.9. The van der Waals surface area contributed by atoms with Crippen molar-refractivity contribution in [2.24, 2.45) is 0 Å². The van der Waals surface area contributed by atoms with Crippen LogP contribution in [-0.2, 0) is 33.3 Å². The van der Waals surface area contributed by atoms with Crippen LogP contribution in [0.4, 0.5) is 0 Å². The minimum Gasteiger partial charge on any atom is -0.477 e. The zero-order chi connectivity index (χ0) is 47.7. The molecule has 2 unspecified atom stereocenters. The second-order valence-electron chi connectivity index (χ2n) is 17.7. The van der Waals surface area contributed by atoms with E-state index in [1.54, 1.807) is 0 Å². The van der Waals surface area contributed by atoms with Gasteiger partial charge in [0.15, 0.2) is 6.10 Å². The molecule has 9 heteroatoms. The molecule has 0 aliphatic heterocycles. The lowest BCUT2D eigenvalue weighted by Gasteiger charge is -2.25. The summed E-state index contributed by atoms with van der Waals surface area (Å²) < 4.78 is 22.7. The van der Waals surface area contributed by atoms with Crippen molar-refractivity contribution < 1.29 is 42.9 Å². The van der Waals surface area contributed by atoms with E-state index in [-0.39, 0.29) is 38.6 Å². The van der Waals surface area contributed by atoms with Crippen molar-refractivity contribution in [3.8, 4) is 0 Å². The number of quaternary nitrogens is 1. The van der Waals surface area contributed by atoms with Gasteiger partial charge in [-0.2, -0.15) is 0 Å². The number of ether oxygens (including phenoxy) is 4. The lowest BCUT2D eigenvalue weighted by atomic mass is 10.1. The quantitative estimate of drug-likeness (QED) is 0.0212. The Labute approximate surface area is 397 Å². The average molecular weight is 909 g/mol. The lowest BCUT2D eigenvalue weighted by Crippen LogP contribution is -2.40. The number of allylic oxidation sites excluding steroid dienone is 16. The fourth-order valence-electron chi connectivity index (χ4n) is 6.42. The van der Waals surface area contributed by atoms with Crippen LogP contribution in [0.15, 0.2) is 97.2 Å². The van der Waals surface area contributed by atoms with Gasteiger partial charge in [-0.05, 0) is 83.5 Å². The van der Waals surface area contributed by atoms with Crippen LogP contribution in [0, 0.1) is 0 Å². The van der Waals surface area contributed by atoms with E-state index in [1.165, 1.54) is 70.6 Å². The monoisotopic (exact) mass is 909 g/mol. The third-order valence-corrected chi connectivity index (χ3v) is 10.3. The third-order valence-electron chi connectivity index (χ3n) is 10.3. The van der Waals surface area contributed by atoms with E-state index < -0.39 is 24.3 Å². The van der Waals surface area contributed by atoms with E-state index in [0.29, 0.717) is 17.4 Å². The number of nitrogens with zero attached hydrogens (tertiary/aromatic N) is 1. The summed E-state index contributed by atoms with van der Waals surface area (Å²) in [6, 6.07) is 0. The molecule has 0 bridgehead atoms. The Morgan fingerprint density at radius 2 is 0.908 bits per heavy atom. The summed E-state index contributed by atoms with van der Waals surface area (Å²) in [5, 5.41) is 9.66. The smallest absolute Gasteiger partial charge is 0.361 e. The molecule has 9 nitrogen and oxygen atoms in total. The number of aliphatic carboxylic acids is 1. The van der Waals surface area contributed by atoms with Gasteiger partial charge in [-0.3, -0.25) is 9.59 Å². The standard InChI is InChI=1S/C56H93NO8/c1-6-8-10-12-14-16-18-20-22-24-26-27-29-30-32-34-36-38-40-42-44-46-53(58)63-50-52(51-64-56(55(60)61)62-49-48-57(3,4)5)65-54(59)47-45-43-41-39-37-35-33-31-28-25-23-21-19-17-15-13-11-9-7-2/h9,11,15,17-18,20-21,23-24,26,28,31,35,37,41,43,52,56H,6-8,10,12-14,16,19,22,25,27,29-30,32-34,36,38-40,42,44-51H2,1-5H3/p+1/b11-9-,17-15-,20-18-,23-21-,26-24-,31-28-,37-35-,43-41-. The Morgan fingerprint density at radius 3 is 1.37 bits per heavy atom. The molecule has 0 rings (SSSR count). The molecule has 0 spiro atoms. The number of carboxylic acids is 1. The molecule has 0 fully saturated rings. The van der Waals surface area contributed by atoms with Crippen molar-refractivity contribution in [3.05, 3.63) is 97.2 Å². The molecule has 0 aliphatic carbocycles. The maximum Gasteiger partial charge on any atom is 0.361 e. The first-order chi connectivity index (χ1) is 31.6. The van der Waals surface area contributed by atoms with Crippen molar-refractivity contribution in [1.82, 2.24) is 0 Å². The van der Waals surface area contributed by atoms with E-state index in [9.17, 15) is 19.5 Å². The van der Waals surface area contributed by atoms with E-state index in [2.05, 4.69) is 98.9 Å². The SMILES string of the molecule is CC/C=C\C/C=C\C/C=C\C/C=C\C/C=C\C/C=C\CCC(=O)OC(COC(=O)CCCCCCCCCCC/C=C\C/C=C\CCCCCCC)COC(OCC[N+](C)(C)C)C(=O)O. The number of likely N-dealkylation sites (N-methyl/N-ethyl adjacent to an activating group) is 1. The van der Waals surface area contributed by atoms with Crippen molar-refractivity contribution in [2.75, 3.05) is 47.5 Å². The van der Waals surface area contributed by atoms with E-state index in [4.69, 9.17) is 18.9 Å². The second kappa shape index (κ2) is 46.7. The van der Waals surface area contributed by atoms with Gasteiger partial charge in [-0.15, -0.1) is 0 Å². The maximum absolute atomic E-state index is 12.8. The summed E-state index contributed by atoms with van der Waals surface area (Å²) in [5.41, 5.74) is 0. The van der Waals surface area contributed by atoms with Crippen molar-refractivity contribution in [1.29, 1.82) is 0 Å². The first-order valence-corrected chi connectivity index (χ1v) is 25.4. The average Bonchev–Trinajstić information content (AvgIpc) is 3.27. The highest BCUT2D eigenvalue weighted by Crippen LogP contribution is 2.13. The number of rotatable bonds is 45. The first kappa shape index (κ1) is 61.2. The third kappa shape index (κ3) is 48.0. The van der Waals surface area contributed by atoms with Crippen LogP contribution in [0.5, 0.6) is 0 Å². The number of unbranched alkanes of at least 4 members (excludes halogenated alkanes) is 14. The first-order valence-electron chi connectivity index (χ1n) is 25.4. The van der Waals surface area contributed by atoms with Gasteiger partial charge >= 0.3 is 17.9 Å². The minimum absolute atomic E-state index is 0.129. The normalized spacial score (nSPS) is 13.7. The zero-order valence-electron chi connectivity index (χ0n) is 41.9. The summed E-state index contributed by atoms with van der Waals surface area (Å²) in [6.45, 7) is 4.64. The Bertz CT molecular complexity index is 1380. The molecule has 370 valence electrons. The molecule has 0 aromatic carbocycles. The fraction of sp³-hybridized carbons (Fsp3) is 0.661. The molecule has 0 radical (unpaired) electrons. The van der Waals surface area contributed by atoms with Crippen molar-refractivity contribution in [3.63, 3.8) is 0 Å². The summed E-state index contributed by atoms with van der Waals surface area (Å²) in [6.07, 6.45) is 59.1. The Balaban J connectivity index is 4.48. The van der Waals surface area contributed by atoms with Crippen LogP contribution in [0.2, 0.25) is 0 Å². The van der Waals surface area contributed by atoms with Crippen LogP contribution >= 0.6 is 0 Å². The molecule has 0 saturated heterocycles. The number of carbonyl (C=O) groups excluding carboxylic acids is 2. The Kier molecular flexibility index (Phi) is 44.0. The lowest BCUT2D eigenvalue weighted by molar-refractivity contribution is -0.870. The van der Waals surface area contributed by atoms with Crippen LogP contribution < -0.4 is 0 Å². The van der Waals surface area contributed by atoms with Crippen LogP contribution in [0.3, 0.4) is 0 Å². The Morgan fingerprint density at radius 1 is 0.477 bits per heavy atom. The van der Waals surface area contributed by atoms with Gasteiger partial charge < -0.3 is 28.5 Å². The molecule has 0 aromatic heterocycles. The van der Waals surface area contributed by atoms with Crippen LogP contribution in [0.1, 0.15) is 181 Å². The number of carboxylic acid groups (broad SMARTS) is 1. The largest absolute Gasteiger partial charge is 0.477 e. The van der Waals surface area contributed by atoms with Gasteiger partial charge in [0, 0.05) is 12.8 Å². The fourth-order valence-corrected chi connectivity index (χ4v) is 6.42. The Hall–Kier alpha value is -3.79. The van der Waals surface area contributed by atoms with Crippen molar-refractivity contribution in [2.45, 2.75) is 193 Å². The highest BCUT2D eigenvalue weighted by molar-refractivity contribution is 5.71. The molecule has 0 aromatic rings. The highest BCUT2D eigenvalue weighted by atomic mass is 16.7. The topological polar surface area (TPSA) is 108 Å². The predicted molar refractivity (Wildman–Crippen MR) is 272 cm³/mol. The van der Waals surface area contributed by atoms with Gasteiger partial charge in [0.25, 0.3) is 6.29 Å². The van der Waals surface area contributed by atoms with E-state index in [0.717, 1.165) is 77.0 Å². The molecular weight excluding hydrogens is 815 g/mol. The van der Waals surface area contributed by atoms with Gasteiger partial charge in [0.2, 0.25) is 0 Å². The van der Waals surface area contributed by atoms with Gasteiger partial charge in [0.1, 0.15) is 13.2 Å². The number of hydrogen-bond donors (Lipinski definition) is 1. The summed E-state index contributed by atoms with van der Waals surface area (Å²) in [7, 11) is 5.93. The molecule has 0 aliphatic rings. The van der Waals surface area contributed by atoms with Crippen LogP contribution in [-0.4, -0.2) is 87.4 Å². The van der Waals surface area contributed by atoms with E-state index in [1.807, 2.05) is 33.3 Å². The summed E-state index contributed by atoms with van der Waals surface area (Å²) in [4.78, 5) is 37.2. The number of hydrogen-bond acceptors (Lipinski definition) is 7. The molecular formula is C56H94NO8+. The summed E-state index contributed by atoms with van der Waals surface area (Å²) >= 11 is 0. The van der Waals surface area contributed by atoms with Crippen LogP contribution in [0.25, 0.3) is 0 Å². The van der Waals surface area contributed by atoms with Gasteiger partial charge in [-0.25, -0.2) is 4.79 Å². The molecule has 1 N–H and O–H groups in total. The maximum atomic E-state index is 12.8. The van der Waals surface area contributed by atoms with Gasteiger partial charge in [-0.1, -0.05) is 182 Å². The number of esters is 2. The number of carbonyl (C=O) groups is 3. The molecule has 0 amide bonds. The minimum atomic E-state index is -1.54. The van der Waals surface area contributed by atoms with Gasteiger partial charge in [0.05, 0.1) is 34.4 Å².